The Bertz CT molecular complexity index is 559. The standard InChI is InChI=1S/C18H20O/c1-14(2)18(12-15-8-4-3-5-9-15)13-19-17-11-7-6-10-16(17)18/h3-11,14H,12-13H2,1-2H3/t18-/m1/s1. The van der Waals surface area contributed by atoms with E-state index in [1.807, 2.05) is 0 Å². The smallest absolute Gasteiger partial charge is 0.123 e. The zero-order valence-corrected chi connectivity index (χ0v) is 11.6. The van der Waals surface area contributed by atoms with E-state index < -0.39 is 0 Å². The van der Waals surface area contributed by atoms with E-state index in [0.717, 1.165) is 18.8 Å². The number of ether oxygens (including phenoxy) is 1. The third-order valence-electron chi connectivity index (χ3n) is 4.38. The minimum atomic E-state index is 0.109. The molecule has 1 aliphatic heterocycles. The second-order valence-electron chi connectivity index (χ2n) is 5.76. The Morgan fingerprint density at radius 3 is 2.42 bits per heavy atom. The summed E-state index contributed by atoms with van der Waals surface area (Å²) in [5, 5.41) is 0. The van der Waals surface area contributed by atoms with Gasteiger partial charge in [0.15, 0.2) is 0 Å². The van der Waals surface area contributed by atoms with Crippen LogP contribution in [-0.2, 0) is 11.8 Å². The van der Waals surface area contributed by atoms with Crippen molar-refractivity contribution in [3.05, 3.63) is 65.7 Å². The second-order valence-corrected chi connectivity index (χ2v) is 5.76. The van der Waals surface area contributed by atoms with Gasteiger partial charge in [0, 0.05) is 11.0 Å². The molecule has 0 unspecified atom stereocenters. The van der Waals surface area contributed by atoms with Crippen molar-refractivity contribution in [1.82, 2.24) is 0 Å². The van der Waals surface area contributed by atoms with E-state index >= 15 is 0 Å². The van der Waals surface area contributed by atoms with E-state index in [4.69, 9.17) is 4.74 Å². The lowest BCUT2D eigenvalue weighted by Gasteiger charge is -2.32. The van der Waals surface area contributed by atoms with Crippen molar-refractivity contribution in [2.75, 3.05) is 6.61 Å². The van der Waals surface area contributed by atoms with Crippen LogP contribution in [0.4, 0.5) is 0 Å². The molecule has 2 aromatic carbocycles. The highest BCUT2D eigenvalue weighted by Crippen LogP contribution is 2.45. The third kappa shape index (κ3) is 2.03. The van der Waals surface area contributed by atoms with Crippen molar-refractivity contribution in [2.24, 2.45) is 5.92 Å². The predicted molar refractivity (Wildman–Crippen MR) is 78.6 cm³/mol. The number of para-hydroxylation sites is 1. The van der Waals surface area contributed by atoms with Gasteiger partial charge in [0.1, 0.15) is 5.75 Å². The van der Waals surface area contributed by atoms with Crippen LogP contribution in [-0.4, -0.2) is 6.61 Å². The van der Waals surface area contributed by atoms with Gasteiger partial charge in [0.25, 0.3) is 0 Å². The molecule has 3 rings (SSSR count). The molecule has 0 radical (unpaired) electrons. The summed E-state index contributed by atoms with van der Waals surface area (Å²) in [4.78, 5) is 0. The molecule has 1 heterocycles. The van der Waals surface area contributed by atoms with Crippen LogP contribution < -0.4 is 4.74 Å². The van der Waals surface area contributed by atoms with Gasteiger partial charge in [-0.2, -0.15) is 0 Å². The largest absolute Gasteiger partial charge is 0.492 e. The van der Waals surface area contributed by atoms with Gasteiger partial charge in [0.05, 0.1) is 6.61 Å². The molecule has 2 aromatic rings. The summed E-state index contributed by atoms with van der Waals surface area (Å²) < 4.78 is 5.95. The highest BCUT2D eigenvalue weighted by atomic mass is 16.5. The first kappa shape index (κ1) is 12.3. The Labute approximate surface area is 115 Å². The van der Waals surface area contributed by atoms with Gasteiger partial charge in [0.2, 0.25) is 0 Å². The SMILES string of the molecule is CC(C)[C@@]1(Cc2ccccc2)COc2ccccc21. The summed E-state index contributed by atoms with van der Waals surface area (Å²) in [5.74, 6) is 1.61. The normalized spacial score (nSPS) is 21.2. The quantitative estimate of drug-likeness (QED) is 0.795. The van der Waals surface area contributed by atoms with Crippen molar-refractivity contribution in [3.63, 3.8) is 0 Å². The Hall–Kier alpha value is -1.76. The Morgan fingerprint density at radius 2 is 1.68 bits per heavy atom. The highest BCUT2D eigenvalue weighted by Gasteiger charge is 2.43. The molecular weight excluding hydrogens is 232 g/mol. The molecule has 0 aliphatic carbocycles. The van der Waals surface area contributed by atoms with Crippen molar-refractivity contribution in [2.45, 2.75) is 25.7 Å². The van der Waals surface area contributed by atoms with Crippen LogP contribution in [0.3, 0.4) is 0 Å². The van der Waals surface area contributed by atoms with Crippen molar-refractivity contribution in [1.29, 1.82) is 0 Å². The molecule has 0 amide bonds. The molecule has 1 heteroatoms. The fourth-order valence-electron chi connectivity index (χ4n) is 3.08. The van der Waals surface area contributed by atoms with Crippen LogP contribution in [0.1, 0.15) is 25.0 Å². The Kier molecular flexibility index (Phi) is 3.06. The minimum absolute atomic E-state index is 0.109. The van der Waals surface area contributed by atoms with E-state index in [0.29, 0.717) is 5.92 Å². The maximum Gasteiger partial charge on any atom is 0.123 e. The topological polar surface area (TPSA) is 9.23 Å². The van der Waals surface area contributed by atoms with Gasteiger partial charge in [-0.25, -0.2) is 0 Å². The van der Waals surface area contributed by atoms with Crippen LogP contribution in [0.25, 0.3) is 0 Å². The molecule has 0 fully saturated rings. The molecule has 0 N–H and O–H groups in total. The number of rotatable bonds is 3. The van der Waals surface area contributed by atoms with Crippen LogP contribution >= 0.6 is 0 Å². The maximum absolute atomic E-state index is 5.95. The average molecular weight is 252 g/mol. The van der Waals surface area contributed by atoms with Crippen molar-refractivity contribution >= 4 is 0 Å². The molecule has 0 spiro atoms. The van der Waals surface area contributed by atoms with Gasteiger partial charge in [-0.1, -0.05) is 62.4 Å². The second kappa shape index (κ2) is 4.73. The molecule has 1 aliphatic rings. The van der Waals surface area contributed by atoms with Crippen LogP contribution in [0, 0.1) is 5.92 Å². The van der Waals surface area contributed by atoms with E-state index in [2.05, 4.69) is 68.4 Å². The van der Waals surface area contributed by atoms with E-state index in [1.165, 1.54) is 11.1 Å². The van der Waals surface area contributed by atoms with Gasteiger partial charge in [-0.3, -0.25) is 0 Å². The first-order valence-corrected chi connectivity index (χ1v) is 6.98. The fraction of sp³-hybridized carbons (Fsp3) is 0.333. The van der Waals surface area contributed by atoms with Crippen LogP contribution in [0.5, 0.6) is 5.75 Å². The van der Waals surface area contributed by atoms with E-state index in [-0.39, 0.29) is 5.41 Å². The van der Waals surface area contributed by atoms with E-state index in [1.54, 1.807) is 0 Å². The summed E-state index contributed by atoms with van der Waals surface area (Å²) in [5.41, 5.74) is 2.86. The molecule has 1 nitrogen and oxygen atoms in total. The molecule has 1 atom stereocenters. The Balaban J connectivity index is 2.03. The number of hydrogen-bond acceptors (Lipinski definition) is 1. The average Bonchev–Trinajstić information content (AvgIpc) is 2.81. The summed E-state index contributed by atoms with van der Waals surface area (Å²) >= 11 is 0. The van der Waals surface area contributed by atoms with Crippen LogP contribution in [0.2, 0.25) is 0 Å². The molecule has 0 saturated carbocycles. The molecule has 98 valence electrons. The molecule has 0 bridgehead atoms. The molecule has 0 saturated heterocycles. The minimum Gasteiger partial charge on any atom is -0.492 e. The lowest BCUT2D eigenvalue weighted by Crippen LogP contribution is -2.36. The summed E-state index contributed by atoms with van der Waals surface area (Å²) in [7, 11) is 0. The first-order valence-electron chi connectivity index (χ1n) is 6.98. The third-order valence-corrected chi connectivity index (χ3v) is 4.38. The van der Waals surface area contributed by atoms with Gasteiger partial charge < -0.3 is 4.74 Å². The Morgan fingerprint density at radius 1 is 1.00 bits per heavy atom. The maximum atomic E-state index is 5.95. The van der Waals surface area contributed by atoms with Gasteiger partial charge in [-0.05, 0) is 24.0 Å². The number of fused-ring (bicyclic) bond motifs is 1. The molecule has 0 aromatic heterocycles. The lowest BCUT2D eigenvalue weighted by atomic mass is 9.69. The number of hydrogen-bond donors (Lipinski definition) is 0. The summed E-state index contributed by atoms with van der Waals surface area (Å²) in [6.07, 6.45) is 1.04. The molecular formula is C18H20O. The van der Waals surface area contributed by atoms with Gasteiger partial charge in [-0.15, -0.1) is 0 Å². The van der Waals surface area contributed by atoms with Crippen molar-refractivity contribution in [3.8, 4) is 5.75 Å². The zero-order valence-electron chi connectivity index (χ0n) is 11.6. The summed E-state index contributed by atoms with van der Waals surface area (Å²) in [6, 6.07) is 19.2. The van der Waals surface area contributed by atoms with E-state index in [9.17, 15) is 0 Å². The summed E-state index contributed by atoms with van der Waals surface area (Å²) in [6.45, 7) is 5.39. The number of benzene rings is 2. The van der Waals surface area contributed by atoms with Gasteiger partial charge >= 0.3 is 0 Å². The zero-order chi connectivity index (χ0) is 13.3. The highest BCUT2D eigenvalue weighted by molar-refractivity contribution is 5.45. The monoisotopic (exact) mass is 252 g/mol. The van der Waals surface area contributed by atoms with Crippen LogP contribution in [0.15, 0.2) is 54.6 Å². The fourth-order valence-corrected chi connectivity index (χ4v) is 3.08. The van der Waals surface area contributed by atoms with Crippen molar-refractivity contribution < 1.29 is 4.74 Å². The predicted octanol–water partition coefficient (Wildman–Crippen LogP) is 4.22. The first-order chi connectivity index (χ1) is 9.22. The lowest BCUT2D eigenvalue weighted by molar-refractivity contribution is 0.212. The molecule has 19 heavy (non-hydrogen) atoms.